The number of nitrogens with one attached hydrogen (secondary N) is 1. The van der Waals surface area contributed by atoms with Crippen LogP contribution in [-0.4, -0.2) is 10.9 Å². The fourth-order valence-electron chi connectivity index (χ4n) is 2.48. The molecular formula is C20H13ClN2O2S. The van der Waals surface area contributed by atoms with Crippen LogP contribution in [0.5, 0.6) is 0 Å². The van der Waals surface area contributed by atoms with Gasteiger partial charge in [0, 0.05) is 17.3 Å². The van der Waals surface area contributed by atoms with Crippen molar-refractivity contribution in [2.45, 2.75) is 0 Å². The van der Waals surface area contributed by atoms with Crippen LogP contribution in [-0.2, 0) is 4.79 Å². The van der Waals surface area contributed by atoms with Crippen molar-refractivity contribution in [1.29, 1.82) is 0 Å². The maximum absolute atomic E-state index is 12.1. The summed E-state index contributed by atoms with van der Waals surface area (Å²) in [5.41, 5.74) is 2.37. The second-order valence-electron chi connectivity index (χ2n) is 5.52. The minimum absolute atomic E-state index is 0.251. The van der Waals surface area contributed by atoms with Gasteiger partial charge in [0.25, 0.3) is 0 Å². The highest BCUT2D eigenvalue weighted by atomic mass is 35.5. The number of halogens is 1. The van der Waals surface area contributed by atoms with Gasteiger partial charge in [-0.05, 0) is 48.5 Å². The maximum Gasteiger partial charge on any atom is 0.248 e. The van der Waals surface area contributed by atoms with Gasteiger partial charge in [0.1, 0.15) is 10.8 Å². The van der Waals surface area contributed by atoms with Crippen LogP contribution in [0.1, 0.15) is 5.76 Å². The SMILES string of the molecule is O=C(/C=C/c1ccco1)Nc1ccc(Cl)c(-c2nc3ccccc3s2)c1. The number of hydrogen-bond acceptors (Lipinski definition) is 4. The van der Waals surface area contributed by atoms with E-state index in [1.165, 1.54) is 6.08 Å². The van der Waals surface area contributed by atoms with Crippen LogP contribution in [0.4, 0.5) is 5.69 Å². The number of thiazole rings is 1. The summed E-state index contributed by atoms with van der Waals surface area (Å²) in [6.07, 6.45) is 4.59. The molecule has 2 aromatic carbocycles. The third kappa shape index (κ3) is 3.54. The lowest BCUT2D eigenvalue weighted by molar-refractivity contribution is -0.111. The van der Waals surface area contributed by atoms with Crippen molar-refractivity contribution < 1.29 is 9.21 Å². The Morgan fingerprint density at radius 2 is 2.04 bits per heavy atom. The number of nitrogens with zero attached hydrogens (tertiary/aromatic N) is 1. The average molecular weight is 381 g/mol. The molecule has 0 fully saturated rings. The predicted molar refractivity (Wildman–Crippen MR) is 106 cm³/mol. The molecule has 0 aliphatic rings. The smallest absolute Gasteiger partial charge is 0.248 e. The third-order valence-corrected chi connectivity index (χ3v) is 5.10. The summed E-state index contributed by atoms with van der Waals surface area (Å²) in [6.45, 7) is 0. The summed E-state index contributed by atoms with van der Waals surface area (Å²) < 4.78 is 6.26. The minimum atomic E-state index is -0.251. The molecule has 0 bridgehead atoms. The second-order valence-corrected chi connectivity index (χ2v) is 6.96. The van der Waals surface area contributed by atoms with Gasteiger partial charge in [-0.15, -0.1) is 11.3 Å². The van der Waals surface area contributed by atoms with Crippen molar-refractivity contribution in [1.82, 2.24) is 4.98 Å². The molecule has 0 unspecified atom stereocenters. The Balaban J connectivity index is 1.58. The summed E-state index contributed by atoms with van der Waals surface area (Å²) in [7, 11) is 0. The van der Waals surface area contributed by atoms with Crippen LogP contribution >= 0.6 is 22.9 Å². The summed E-state index contributed by atoms with van der Waals surface area (Å²) >= 11 is 7.92. The number of benzene rings is 2. The Bertz CT molecular complexity index is 1070. The Hall–Kier alpha value is -2.89. The molecule has 0 saturated heterocycles. The molecule has 2 aromatic heterocycles. The molecule has 26 heavy (non-hydrogen) atoms. The number of aromatic nitrogens is 1. The van der Waals surface area contributed by atoms with E-state index in [2.05, 4.69) is 10.3 Å². The van der Waals surface area contributed by atoms with E-state index in [0.29, 0.717) is 16.5 Å². The first-order chi connectivity index (χ1) is 12.7. The lowest BCUT2D eigenvalue weighted by Gasteiger charge is -2.06. The van der Waals surface area contributed by atoms with E-state index >= 15 is 0 Å². The van der Waals surface area contributed by atoms with Crippen molar-refractivity contribution >= 4 is 50.8 Å². The topological polar surface area (TPSA) is 55.1 Å². The molecule has 4 nitrogen and oxygen atoms in total. The highest BCUT2D eigenvalue weighted by Gasteiger charge is 2.11. The Labute approximate surface area is 158 Å². The van der Waals surface area contributed by atoms with Crippen molar-refractivity contribution in [2.24, 2.45) is 0 Å². The summed E-state index contributed by atoms with van der Waals surface area (Å²) in [5.74, 6) is 0.366. The fraction of sp³-hybridized carbons (Fsp3) is 0. The molecule has 4 aromatic rings. The summed E-state index contributed by atoms with van der Waals surface area (Å²) in [4.78, 5) is 16.7. The second kappa shape index (κ2) is 7.15. The standard InChI is InChI=1S/C20H13ClN2O2S/c21-16-9-7-13(22-19(24)10-8-14-4-3-11-25-14)12-15(16)20-23-17-5-1-2-6-18(17)26-20/h1-12H,(H,22,24)/b10-8+. The van der Waals surface area contributed by atoms with Crippen molar-refractivity contribution in [3.63, 3.8) is 0 Å². The number of fused-ring (bicyclic) bond motifs is 1. The largest absolute Gasteiger partial charge is 0.465 e. The van der Waals surface area contributed by atoms with Crippen LogP contribution in [0.25, 0.3) is 26.9 Å². The van der Waals surface area contributed by atoms with E-state index < -0.39 is 0 Å². The van der Waals surface area contributed by atoms with Gasteiger partial charge in [0.05, 0.1) is 21.5 Å². The van der Waals surface area contributed by atoms with Crippen molar-refractivity contribution in [2.75, 3.05) is 5.32 Å². The van der Waals surface area contributed by atoms with E-state index in [-0.39, 0.29) is 5.91 Å². The number of hydrogen-bond donors (Lipinski definition) is 1. The Morgan fingerprint density at radius 1 is 1.15 bits per heavy atom. The normalized spacial score (nSPS) is 11.3. The lowest BCUT2D eigenvalue weighted by Crippen LogP contribution is -2.07. The zero-order valence-corrected chi connectivity index (χ0v) is 15.1. The molecule has 0 atom stereocenters. The molecule has 0 aliphatic heterocycles. The zero-order valence-electron chi connectivity index (χ0n) is 13.5. The van der Waals surface area contributed by atoms with Gasteiger partial charge in [-0.2, -0.15) is 0 Å². The number of furan rings is 1. The monoisotopic (exact) mass is 380 g/mol. The first-order valence-corrected chi connectivity index (χ1v) is 9.06. The number of carbonyl (C=O) groups excluding carboxylic acids is 1. The molecule has 128 valence electrons. The molecule has 1 N–H and O–H groups in total. The van der Waals surface area contributed by atoms with Gasteiger partial charge in [0.15, 0.2) is 0 Å². The Morgan fingerprint density at radius 3 is 2.85 bits per heavy atom. The van der Waals surface area contributed by atoms with E-state index in [1.807, 2.05) is 30.3 Å². The predicted octanol–water partition coefficient (Wildman–Crippen LogP) is 5.86. The van der Waals surface area contributed by atoms with Gasteiger partial charge in [-0.3, -0.25) is 4.79 Å². The van der Waals surface area contributed by atoms with E-state index in [9.17, 15) is 4.79 Å². The van der Waals surface area contributed by atoms with Crippen molar-refractivity contribution in [3.05, 3.63) is 77.7 Å². The maximum atomic E-state index is 12.1. The average Bonchev–Trinajstić information content (AvgIpc) is 3.31. The number of rotatable bonds is 4. The first-order valence-electron chi connectivity index (χ1n) is 7.87. The molecule has 6 heteroatoms. The van der Waals surface area contributed by atoms with Crippen LogP contribution < -0.4 is 5.32 Å². The molecule has 0 spiro atoms. The molecule has 0 radical (unpaired) electrons. The van der Waals surface area contributed by atoms with E-state index in [0.717, 1.165) is 20.8 Å². The van der Waals surface area contributed by atoms with Gasteiger partial charge in [-0.25, -0.2) is 4.98 Å². The lowest BCUT2D eigenvalue weighted by atomic mass is 10.2. The number of para-hydroxylation sites is 1. The number of carbonyl (C=O) groups is 1. The van der Waals surface area contributed by atoms with E-state index in [4.69, 9.17) is 16.0 Å². The number of anilines is 1. The molecule has 4 rings (SSSR count). The van der Waals surface area contributed by atoms with Gasteiger partial charge < -0.3 is 9.73 Å². The van der Waals surface area contributed by atoms with E-state index in [1.54, 1.807) is 47.9 Å². The van der Waals surface area contributed by atoms with Crippen LogP contribution in [0.3, 0.4) is 0 Å². The van der Waals surface area contributed by atoms with Crippen LogP contribution in [0.15, 0.2) is 71.4 Å². The highest BCUT2D eigenvalue weighted by Crippen LogP contribution is 2.35. The van der Waals surface area contributed by atoms with Gasteiger partial charge >= 0.3 is 0 Å². The first kappa shape index (κ1) is 16.6. The quantitative estimate of drug-likeness (QED) is 0.451. The summed E-state index contributed by atoms with van der Waals surface area (Å²) in [5, 5.41) is 4.24. The van der Waals surface area contributed by atoms with Crippen LogP contribution in [0.2, 0.25) is 5.02 Å². The zero-order chi connectivity index (χ0) is 17.9. The summed E-state index contributed by atoms with van der Waals surface area (Å²) in [6, 6.07) is 16.8. The van der Waals surface area contributed by atoms with Crippen LogP contribution in [0, 0.1) is 0 Å². The Kier molecular flexibility index (Phi) is 4.56. The highest BCUT2D eigenvalue weighted by molar-refractivity contribution is 7.21. The number of amides is 1. The molecule has 2 heterocycles. The van der Waals surface area contributed by atoms with Crippen molar-refractivity contribution in [3.8, 4) is 10.6 Å². The molecule has 1 amide bonds. The third-order valence-electron chi connectivity index (χ3n) is 3.70. The fourth-order valence-corrected chi connectivity index (χ4v) is 3.74. The molecule has 0 aliphatic carbocycles. The molecular weight excluding hydrogens is 368 g/mol. The van der Waals surface area contributed by atoms with Gasteiger partial charge in [0.2, 0.25) is 5.91 Å². The minimum Gasteiger partial charge on any atom is -0.465 e. The molecule has 0 saturated carbocycles. The van der Waals surface area contributed by atoms with Gasteiger partial charge in [-0.1, -0.05) is 23.7 Å².